The van der Waals surface area contributed by atoms with Crippen molar-refractivity contribution in [1.29, 1.82) is 0 Å². The summed E-state index contributed by atoms with van der Waals surface area (Å²) in [5, 5.41) is 0. The molecule has 2 heterocycles. The smallest absolute Gasteiger partial charge is 0.333 e. The van der Waals surface area contributed by atoms with Gasteiger partial charge >= 0.3 is 16.2 Å². The van der Waals surface area contributed by atoms with Gasteiger partial charge in [-0.2, -0.15) is 9.20 Å². The summed E-state index contributed by atoms with van der Waals surface area (Å²) in [4.78, 5) is 18.2. The molecule has 0 spiro atoms. The minimum absolute atomic E-state index is 0.0974. The van der Waals surface area contributed by atoms with Crippen LogP contribution in [0, 0.1) is 0 Å². The van der Waals surface area contributed by atoms with Gasteiger partial charge in [0.1, 0.15) is 0 Å². The molecule has 2 aliphatic heterocycles. The number of hydrogen-bond donors (Lipinski definition) is 0. The van der Waals surface area contributed by atoms with Crippen molar-refractivity contribution in [2.75, 3.05) is 13.1 Å². The third-order valence-corrected chi connectivity index (χ3v) is 6.16. The summed E-state index contributed by atoms with van der Waals surface area (Å²) in [5.41, 5.74) is 0. The molecule has 24 heavy (non-hydrogen) atoms. The highest BCUT2D eigenvalue weighted by Gasteiger charge is 2.37. The first-order chi connectivity index (χ1) is 10.9. The third-order valence-electron chi connectivity index (χ3n) is 2.91. The molecule has 0 bridgehead atoms. The van der Waals surface area contributed by atoms with Crippen molar-refractivity contribution in [2.24, 2.45) is 13.8 Å². The Labute approximate surface area is 190 Å². The average Bonchev–Trinajstić information content (AvgIpc) is 2.45. The summed E-state index contributed by atoms with van der Waals surface area (Å²) in [6, 6.07) is 0.133. The van der Waals surface area contributed by atoms with Crippen molar-refractivity contribution in [2.45, 2.75) is 23.5 Å². The average molecular weight is 746 g/mol. The standard InChI is InChI=1S/C10H10Br6N4O3S/c11-9(12,13)6-17-8(20-4-2-1-3-5-20)23-24(22,18-6)19-7(21)10(14,15)16/h1-5H2. The van der Waals surface area contributed by atoms with Crippen LogP contribution >= 0.6 is 95.6 Å². The lowest BCUT2D eigenvalue weighted by Gasteiger charge is -2.30. The molecule has 0 aliphatic carbocycles. The molecule has 0 N–H and O–H groups in total. The van der Waals surface area contributed by atoms with Crippen molar-refractivity contribution >= 4 is 124 Å². The van der Waals surface area contributed by atoms with Crippen LogP contribution in [0.4, 0.5) is 0 Å². The summed E-state index contributed by atoms with van der Waals surface area (Å²) < 4.78 is 23.5. The number of carbonyl (C=O) groups excluding carboxylic acids is 1. The first kappa shape index (κ1) is 21.7. The summed E-state index contributed by atoms with van der Waals surface area (Å²) in [6.07, 6.45) is 3.06. The molecule has 1 fully saturated rings. The maximum absolute atomic E-state index is 12.9. The van der Waals surface area contributed by atoms with Gasteiger partial charge in [0.2, 0.25) is 2.14 Å². The van der Waals surface area contributed by atoms with Gasteiger partial charge in [-0.3, -0.25) is 4.79 Å². The van der Waals surface area contributed by atoms with E-state index in [1.54, 1.807) is 0 Å². The van der Waals surface area contributed by atoms with Gasteiger partial charge in [0.15, 0.2) is 7.98 Å². The fourth-order valence-electron chi connectivity index (χ4n) is 1.87. The van der Waals surface area contributed by atoms with Crippen molar-refractivity contribution < 1.29 is 13.2 Å². The molecule has 14 heteroatoms. The highest BCUT2D eigenvalue weighted by atomic mass is 80.0. The first-order valence-corrected chi connectivity index (χ1v) is 12.6. The predicted octanol–water partition coefficient (Wildman–Crippen LogP) is 4.76. The monoisotopic (exact) mass is 740 g/mol. The molecule has 1 unspecified atom stereocenters. The van der Waals surface area contributed by atoms with Crippen LogP contribution in [-0.4, -0.2) is 44.2 Å². The Morgan fingerprint density at radius 1 is 1.12 bits per heavy atom. The molecular formula is C10H10Br6N4O3S. The van der Waals surface area contributed by atoms with Gasteiger partial charge in [0.05, 0.1) is 0 Å². The highest BCUT2D eigenvalue weighted by molar-refractivity contribution is 9.40. The molecule has 0 radical (unpaired) electrons. The molecule has 0 saturated carbocycles. The van der Waals surface area contributed by atoms with E-state index < -0.39 is 20.4 Å². The summed E-state index contributed by atoms with van der Waals surface area (Å²) in [6.45, 7) is 1.43. The molecule has 2 aliphatic rings. The number of nitrogens with zero attached hydrogens (tertiary/aromatic N) is 4. The maximum atomic E-state index is 12.9. The molecule has 1 atom stereocenters. The molecule has 0 aromatic heterocycles. The van der Waals surface area contributed by atoms with E-state index in [1.165, 1.54) is 0 Å². The molecule has 0 aromatic rings. The number of hydrogen-bond acceptors (Lipinski definition) is 5. The quantitative estimate of drug-likeness (QED) is 0.335. The van der Waals surface area contributed by atoms with E-state index in [1.807, 2.05) is 4.90 Å². The number of amidine groups is 2. The fraction of sp³-hybridized carbons (Fsp3) is 0.700. The van der Waals surface area contributed by atoms with E-state index in [2.05, 4.69) is 109 Å². The lowest BCUT2D eigenvalue weighted by molar-refractivity contribution is -0.116. The van der Waals surface area contributed by atoms with Crippen LogP contribution < -0.4 is 0 Å². The second kappa shape index (κ2) is 8.21. The Kier molecular flexibility index (Phi) is 7.44. The van der Waals surface area contributed by atoms with Gasteiger partial charge in [0, 0.05) is 13.1 Å². The van der Waals surface area contributed by atoms with Crippen LogP contribution in [0.25, 0.3) is 0 Å². The van der Waals surface area contributed by atoms with Crippen LogP contribution in [-0.2, 0) is 19.2 Å². The summed E-state index contributed by atoms with van der Waals surface area (Å²) in [5.74, 6) is -0.694. The van der Waals surface area contributed by atoms with Crippen LogP contribution in [0.1, 0.15) is 19.3 Å². The summed E-state index contributed by atoms with van der Waals surface area (Å²) >= 11 is 19.0. The van der Waals surface area contributed by atoms with E-state index in [4.69, 9.17) is 4.18 Å². The maximum Gasteiger partial charge on any atom is 0.333 e. The number of likely N-dealkylation sites (tertiary alicyclic amines) is 1. The minimum Gasteiger partial charge on any atom is -0.342 e. The van der Waals surface area contributed by atoms with Crippen molar-refractivity contribution in [3.05, 3.63) is 0 Å². The van der Waals surface area contributed by atoms with E-state index in [-0.39, 0.29) is 11.9 Å². The van der Waals surface area contributed by atoms with Gasteiger partial charge in [-0.25, -0.2) is 0 Å². The van der Waals surface area contributed by atoms with Gasteiger partial charge in [0.25, 0.3) is 5.91 Å². The van der Waals surface area contributed by atoms with Gasteiger partial charge in [-0.15, -0.1) is 8.76 Å². The molecule has 136 valence electrons. The fourth-order valence-corrected chi connectivity index (χ4v) is 4.57. The van der Waals surface area contributed by atoms with Crippen molar-refractivity contribution in [1.82, 2.24) is 4.90 Å². The van der Waals surface area contributed by atoms with E-state index >= 15 is 0 Å². The Hall–Kier alpha value is 1.44. The number of aliphatic imine (C=N–C) groups is 1. The van der Waals surface area contributed by atoms with Gasteiger partial charge in [-0.1, -0.05) is 47.8 Å². The van der Waals surface area contributed by atoms with E-state index in [0.717, 1.165) is 19.3 Å². The number of amides is 1. The molecule has 0 aromatic carbocycles. The third kappa shape index (κ3) is 5.98. The number of halogens is 6. The second-order valence-electron chi connectivity index (χ2n) is 4.78. The van der Waals surface area contributed by atoms with E-state index in [9.17, 15) is 9.00 Å². The molecule has 2 rings (SSSR count). The number of carbonyl (C=O) groups is 1. The Morgan fingerprint density at radius 3 is 2.21 bits per heavy atom. The second-order valence-corrected chi connectivity index (χ2v) is 19.7. The normalized spacial score (nSPS) is 25.5. The Balaban J connectivity index is 2.46. The predicted molar refractivity (Wildman–Crippen MR) is 116 cm³/mol. The topological polar surface area (TPSA) is 83.7 Å². The Morgan fingerprint density at radius 2 is 1.71 bits per heavy atom. The van der Waals surface area contributed by atoms with Gasteiger partial charge < -0.3 is 9.08 Å². The lowest BCUT2D eigenvalue weighted by atomic mass is 10.1. The summed E-state index contributed by atoms with van der Waals surface area (Å²) in [7, 11) is -3.69. The number of rotatable bonds is 0. The molecular weight excluding hydrogens is 736 g/mol. The van der Waals surface area contributed by atoms with Crippen molar-refractivity contribution in [3.63, 3.8) is 0 Å². The van der Waals surface area contributed by atoms with Gasteiger partial charge in [-0.05, 0) is 67.1 Å². The number of piperidine rings is 1. The van der Waals surface area contributed by atoms with Crippen LogP contribution in [0.5, 0.6) is 0 Å². The van der Waals surface area contributed by atoms with E-state index in [0.29, 0.717) is 13.1 Å². The lowest BCUT2D eigenvalue weighted by Crippen LogP contribution is -2.41. The Bertz CT molecular complexity index is 698. The zero-order valence-electron chi connectivity index (χ0n) is 11.7. The van der Waals surface area contributed by atoms with Crippen LogP contribution in [0.3, 0.4) is 0 Å². The van der Waals surface area contributed by atoms with Crippen molar-refractivity contribution in [3.8, 4) is 0 Å². The zero-order chi connectivity index (χ0) is 18.2. The molecule has 1 saturated heterocycles. The number of alkyl halides is 6. The molecule has 7 nitrogen and oxygen atoms in total. The highest BCUT2D eigenvalue weighted by Crippen LogP contribution is 2.39. The first-order valence-electron chi connectivity index (χ1n) is 6.49. The van der Waals surface area contributed by atoms with Crippen LogP contribution in [0.15, 0.2) is 13.8 Å². The van der Waals surface area contributed by atoms with Crippen LogP contribution in [0.2, 0.25) is 0 Å². The SMILES string of the molecule is O=C(N=S1(=O)N=C(C(Br)(Br)Br)N=C(N2CCCCC2)O1)C(Br)(Br)Br. The largest absolute Gasteiger partial charge is 0.342 e. The minimum atomic E-state index is -3.69. The zero-order valence-corrected chi connectivity index (χ0v) is 22.1. The molecule has 1 amide bonds.